The highest BCUT2D eigenvalue weighted by atomic mass is 16.4. The van der Waals surface area contributed by atoms with Gasteiger partial charge in [0, 0.05) is 18.9 Å². The SMILES string of the molecule is C1Cc2nc(C3CC3)oc2CN1. The minimum atomic E-state index is 0.649. The van der Waals surface area contributed by atoms with E-state index in [2.05, 4.69) is 10.3 Å². The zero-order valence-corrected chi connectivity index (χ0v) is 6.97. The molecule has 0 atom stereocenters. The third kappa shape index (κ3) is 0.966. The summed E-state index contributed by atoms with van der Waals surface area (Å²) in [5, 5.41) is 3.28. The van der Waals surface area contributed by atoms with E-state index < -0.39 is 0 Å². The van der Waals surface area contributed by atoms with Gasteiger partial charge in [-0.3, -0.25) is 0 Å². The molecule has 1 N–H and O–H groups in total. The molecule has 0 bridgehead atoms. The van der Waals surface area contributed by atoms with Crippen molar-refractivity contribution in [2.75, 3.05) is 6.54 Å². The molecule has 12 heavy (non-hydrogen) atoms. The number of hydrogen-bond donors (Lipinski definition) is 1. The van der Waals surface area contributed by atoms with Crippen LogP contribution in [0.15, 0.2) is 4.42 Å². The van der Waals surface area contributed by atoms with Crippen LogP contribution in [0.4, 0.5) is 0 Å². The van der Waals surface area contributed by atoms with Gasteiger partial charge in [-0.1, -0.05) is 0 Å². The van der Waals surface area contributed by atoms with Crippen molar-refractivity contribution in [1.29, 1.82) is 0 Å². The molecule has 64 valence electrons. The molecule has 1 saturated carbocycles. The van der Waals surface area contributed by atoms with Crippen molar-refractivity contribution in [1.82, 2.24) is 10.3 Å². The minimum absolute atomic E-state index is 0.649. The van der Waals surface area contributed by atoms with Crippen LogP contribution in [0.3, 0.4) is 0 Å². The Morgan fingerprint density at radius 1 is 1.42 bits per heavy atom. The van der Waals surface area contributed by atoms with E-state index in [1.54, 1.807) is 0 Å². The van der Waals surface area contributed by atoms with Crippen LogP contribution in [0.25, 0.3) is 0 Å². The second-order valence-electron chi connectivity index (χ2n) is 3.62. The molecule has 0 amide bonds. The van der Waals surface area contributed by atoms with Crippen molar-refractivity contribution in [2.45, 2.75) is 31.7 Å². The van der Waals surface area contributed by atoms with Gasteiger partial charge in [-0.25, -0.2) is 4.98 Å². The molecule has 0 saturated heterocycles. The summed E-state index contributed by atoms with van der Waals surface area (Å²) in [6.45, 7) is 1.92. The van der Waals surface area contributed by atoms with Crippen LogP contribution < -0.4 is 5.32 Å². The van der Waals surface area contributed by atoms with Gasteiger partial charge in [0.25, 0.3) is 0 Å². The molecular weight excluding hydrogens is 152 g/mol. The second kappa shape index (κ2) is 2.33. The lowest BCUT2D eigenvalue weighted by Crippen LogP contribution is -2.22. The van der Waals surface area contributed by atoms with Crippen LogP contribution in [-0.2, 0) is 13.0 Å². The fourth-order valence-electron chi connectivity index (χ4n) is 1.65. The molecule has 3 nitrogen and oxygen atoms in total. The third-order valence-electron chi connectivity index (χ3n) is 2.55. The third-order valence-corrected chi connectivity index (χ3v) is 2.55. The van der Waals surface area contributed by atoms with Crippen LogP contribution in [0.5, 0.6) is 0 Å². The van der Waals surface area contributed by atoms with Gasteiger partial charge in [-0.15, -0.1) is 0 Å². The Bertz CT molecular complexity index is 278. The van der Waals surface area contributed by atoms with E-state index in [1.165, 1.54) is 18.5 Å². The first-order valence-corrected chi connectivity index (χ1v) is 4.62. The van der Waals surface area contributed by atoms with Crippen LogP contribution >= 0.6 is 0 Å². The Morgan fingerprint density at radius 2 is 2.33 bits per heavy atom. The average Bonchev–Trinajstić information content (AvgIpc) is 2.85. The first-order valence-electron chi connectivity index (χ1n) is 4.62. The number of aromatic nitrogens is 1. The van der Waals surface area contributed by atoms with Gasteiger partial charge in [-0.05, 0) is 12.8 Å². The summed E-state index contributed by atoms with van der Waals surface area (Å²) in [6.07, 6.45) is 3.57. The topological polar surface area (TPSA) is 38.1 Å². The van der Waals surface area contributed by atoms with Crippen molar-refractivity contribution >= 4 is 0 Å². The van der Waals surface area contributed by atoms with Gasteiger partial charge in [0.15, 0.2) is 5.89 Å². The summed E-state index contributed by atoms with van der Waals surface area (Å²) in [7, 11) is 0. The molecule has 0 radical (unpaired) electrons. The molecule has 0 unspecified atom stereocenters. The molecule has 3 heteroatoms. The Morgan fingerprint density at radius 3 is 3.08 bits per heavy atom. The normalized spacial score (nSPS) is 22.3. The fraction of sp³-hybridized carbons (Fsp3) is 0.667. The highest BCUT2D eigenvalue weighted by Gasteiger charge is 2.30. The standard InChI is InChI=1S/C9H12N2O/c1-2-6(1)9-11-7-3-4-10-5-8(7)12-9/h6,10H,1-5H2. The fourth-order valence-corrected chi connectivity index (χ4v) is 1.65. The number of nitrogens with one attached hydrogen (secondary N) is 1. The van der Waals surface area contributed by atoms with Crippen molar-refractivity contribution in [2.24, 2.45) is 0 Å². The Balaban J connectivity index is 1.97. The summed E-state index contributed by atoms with van der Waals surface area (Å²) in [5.41, 5.74) is 1.19. The number of oxazole rings is 1. The van der Waals surface area contributed by atoms with E-state index in [-0.39, 0.29) is 0 Å². The lowest BCUT2D eigenvalue weighted by molar-refractivity contribution is 0.430. The Labute approximate surface area is 71.2 Å². The lowest BCUT2D eigenvalue weighted by atomic mass is 10.2. The first kappa shape index (κ1) is 6.66. The van der Waals surface area contributed by atoms with Gasteiger partial charge in [0.05, 0.1) is 12.2 Å². The maximum absolute atomic E-state index is 5.66. The van der Waals surface area contributed by atoms with E-state index in [4.69, 9.17) is 4.42 Å². The number of fused-ring (bicyclic) bond motifs is 1. The molecule has 1 aromatic rings. The highest BCUT2D eigenvalue weighted by molar-refractivity contribution is 5.16. The number of rotatable bonds is 1. The van der Waals surface area contributed by atoms with Gasteiger partial charge < -0.3 is 9.73 Å². The molecular formula is C9H12N2O. The molecule has 0 spiro atoms. The molecule has 1 aliphatic heterocycles. The van der Waals surface area contributed by atoms with Gasteiger partial charge in [0.2, 0.25) is 0 Å². The van der Waals surface area contributed by atoms with Crippen molar-refractivity contribution in [3.63, 3.8) is 0 Å². The molecule has 2 heterocycles. The Hall–Kier alpha value is -0.830. The van der Waals surface area contributed by atoms with Crippen molar-refractivity contribution in [3.8, 4) is 0 Å². The van der Waals surface area contributed by atoms with E-state index in [1.807, 2.05) is 0 Å². The van der Waals surface area contributed by atoms with Crippen LogP contribution in [-0.4, -0.2) is 11.5 Å². The molecule has 0 aromatic carbocycles. The Kier molecular flexibility index (Phi) is 1.29. The summed E-state index contributed by atoms with van der Waals surface area (Å²) < 4.78 is 5.66. The second-order valence-corrected chi connectivity index (χ2v) is 3.62. The van der Waals surface area contributed by atoms with E-state index >= 15 is 0 Å². The molecule has 1 fully saturated rings. The smallest absolute Gasteiger partial charge is 0.197 e. The summed E-state index contributed by atoms with van der Waals surface area (Å²) in [5.74, 6) is 2.71. The van der Waals surface area contributed by atoms with Gasteiger partial charge >= 0.3 is 0 Å². The van der Waals surface area contributed by atoms with E-state index in [9.17, 15) is 0 Å². The van der Waals surface area contributed by atoms with Gasteiger partial charge in [-0.2, -0.15) is 0 Å². The summed E-state index contributed by atoms with van der Waals surface area (Å²) in [6, 6.07) is 0. The van der Waals surface area contributed by atoms with E-state index in [0.717, 1.165) is 31.2 Å². The van der Waals surface area contributed by atoms with E-state index in [0.29, 0.717) is 5.92 Å². The largest absolute Gasteiger partial charge is 0.444 e. The van der Waals surface area contributed by atoms with Crippen molar-refractivity contribution < 1.29 is 4.42 Å². The maximum atomic E-state index is 5.66. The maximum Gasteiger partial charge on any atom is 0.197 e. The summed E-state index contributed by atoms with van der Waals surface area (Å²) in [4.78, 5) is 4.51. The molecule has 2 aliphatic rings. The van der Waals surface area contributed by atoms with Crippen LogP contribution in [0.1, 0.15) is 36.1 Å². The van der Waals surface area contributed by atoms with Crippen molar-refractivity contribution in [3.05, 3.63) is 17.3 Å². The van der Waals surface area contributed by atoms with Gasteiger partial charge in [0.1, 0.15) is 5.76 Å². The number of hydrogen-bond acceptors (Lipinski definition) is 3. The first-order chi connectivity index (χ1) is 5.93. The summed E-state index contributed by atoms with van der Waals surface area (Å²) >= 11 is 0. The molecule has 3 rings (SSSR count). The molecule has 1 aromatic heterocycles. The zero-order chi connectivity index (χ0) is 7.97. The molecule has 1 aliphatic carbocycles. The van der Waals surface area contributed by atoms with Crippen LogP contribution in [0, 0.1) is 0 Å². The number of nitrogens with zero attached hydrogens (tertiary/aromatic N) is 1. The average molecular weight is 164 g/mol. The predicted octanol–water partition coefficient (Wildman–Crippen LogP) is 1.20. The monoisotopic (exact) mass is 164 g/mol. The quantitative estimate of drug-likeness (QED) is 0.677. The highest BCUT2D eigenvalue weighted by Crippen LogP contribution is 2.40. The zero-order valence-electron chi connectivity index (χ0n) is 6.97. The van der Waals surface area contributed by atoms with Crippen LogP contribution in [0.2, 0.25) is 0 Å². The minimum Gasteiger partial charge on any atom is -0.444 e. The lowest BCUT2D eigenvalue weighted by Gasteiger charge is -2.08. The predicted molar refractivity (Wildman–Crippen MR) is 43.9 cm³/mol.